The lowest BCUT2D eigenvalue weighted by Crippen LogP contribution is -2.32. The van der Waals surface area contributed by atoms with Crippen molar-refractivity contribution in [2.24, 2.45) is 0 Å². The van der Waals surface area contributed by atoms with Gasteiger partial charge in [-0.2, -0.15) is 0 Å². The van der Waals surface area contributed by atoms with E-state index in [1.165, 1.54) is 0 Å². The number of aromatic nitrogens is 3. The summed E-state index contributed by atoms with van der Waals surface area (Å²) in [4.78, 5) is 24.3. The first-order chi connectivity index (χ1) is 18.3. The van der Waals surface area contributed by atoms with E-state index in [1.54, 1.807) is 6.20 Å². The Morgan fingerprint density at radius 3 is 2.55 bits per heavy atom. The minimum Gasteiger partial charge on any atom is -0.352 e. The van der Waals surface area contributed by atoms with Gasteiger partial charge in [0.05, 0.1) is 17.8 Å². The van der Waals surface area contributed by atoms with Crippen LogP contribution in [0.3, 0.4) is 0 Å². The van der Waals surface area contributed by atoms with Gasteiger partial charge in [-0.3, -0.25) is 9.78 Å². The van der Waals surface area contributed by atoms with Gasteiger partial charge in [0, 0.05) is 42.4 Å². The minimum absolute atomic E-state index is 0.0484. The molecule has 3 aromatic heterocycles. The lowest BCUT2D eigenvalue weighted by Gasteiger charge is -2.28. The maximum atomic E-state index is 12.9. The fourth-order valence-corrected chi connectivity index (χ4v) is 5.52. The smallest absolute Gasteiger partial charge is 0.226 e. The fourth-order valence-electron chi connectivity index (χ4n) is 5.18. The predicted octanol–water partition coefficient (Wildman–Crippen LogP) is 5.50. The van der Waals surface area contributed by atoms with Gasteiger partial charge in [-0.25, -0.2) is 4.98 Å². The average Bonchev–Trinajstić information content (AvgIpc) is 3.38. The Morgan fingerprint density at radius 1 is 1.00 bits per heavy atom. The quantitative estimate of drug-likeness (QED) is 0.311. The lowest BCUT2D eigenvalue weighted by molar-refractivity contribution is -0.116. The molecule has 1 aromatic carbocycles. The van der Waals surface area contributed by atoms with Crippen molar-refractivity contribution in [1.82, 2.24) is 24.8 Å². The van der Waals surface area contributed by atoms with Crippen molar-refractivity contribution in [1.29, 1.82) is 0 Å². The van der Waals surface area contributed by atoms with Crippen LogP contribution < -0.4 is 10.6 Å². The van der Waals surface area contributed by atoms with E-state index in [0.29, 0.717) is 18.1 Å². The van der Waals surface area contributed by atoms with Gasteiger partial charge in [0.15, 0.2) is 5.11 Å². The Kier molecular flexibility index (Phi) is 7.24. The zero-order chi connectivity index (χ0) is 26.8. The molecule has 1 aliphatic rings. The third kappa shape index (κ3) is 5.17. The minimum atomic E-state index is -0.150. The molecule has 7 nitrogen and oxygen atoms in total. The molecule has 38 heavy (non-hydrogen) atoms. The van der Waals surface area contributed by atoms with Crippen molar-refractivity contribution < 1.29 is 4.79 Å². The SMILES string of the molecule is Cc1ccc(-n2c(C)cc([C@@H]3[C@H](c4ccccn4)NC(=S)N3CCC(=O)Nc3cccc(C)c3)c2C)nc1. The third-order valence-electron chi connectivity index (χ3n) is 6.99. The molecule has 2 N–H and O–H groups in total. The number of hydrogen-bond donors (Lipinski definition) is 2. The number of rotatable bonds is 7. The number of carbonyl (C=O) groups excluding carboxylic acids is 1. The van der Waals surface area contributed by atoms with E-state index in [-0.39, 0.29) is 18.0 Å². The zero-order valence-corrected chi connectivity index (χ0v) is 22.9. The highest BCUT2D eigenvalue weighted by Crippen LogP contribution is 2.41. The Balaban J connectivity index is 1.46. The molecule has 0 aliphatic carbocycles. The summed E-state index contributed by atoms with van der Waals surface area (Å²) in [7, 11) is 0. The van der Waals surface area contributed by atoms with E-state index in [0.717, 1.165) is 45.3 Å². The molecule has 5 rings (SSSR count). The highest BCUT2D eigenvalue weighted by Gasteiger charge is 2.41. The number of hydrogen-bond acceptors (Lipinski definition) is 4. The third-order valence-corrected chi connectivity index (χ3v) is 7.35. The normalized spacial score (nSPS) is 16.9. The van der Waals surface area contributed by atoms with Gasteiger partial charge < -0.3 is 20.1 Å². The van der Waals surface area contributed by atoms with E-state index >= 15 is 0 Å². The molecular formula is C30H32N6OS. The maximum Gasteiger partial charge on any atom is 0.226 e. The van der Waals surface area contributed by atoms with E-state index < -0.39 is 0 Å². The number of nitrogens with one attached hydrogen (secondary N) is 2. The number of benzene rings is 1. The molecule has 0 bridgehead atoms. The topological polar surface area (TPSA) is 75.1 Å². The van der Waals surface area contributed by atoms with E-state index in [1.807, 2.05) is 68.6 Å². The monoisotopic (exact) mass is 524 g/mol. The molecule has 0 radical (unpaired) electrons. The van der Waals surface area contributed by atoms with Crippen LogP contribution in [-0.2, 0) is 4.79 Å². The summed E-state index contributed by atoms with van der Waals surface area (Å²) < 4.78 is 2.17. The van der Waals surface area contributed by atoms with Crippen LogP contribution in [0.15, 0.2) is 73.1 Å². The molecule has 1 saturated heterocycles. The van der Waals surface area contributed by atoms with Crippen molar-refractivity contribution in [3.8, 4) is 5.82 Å². The van der Waals surface area contributed by atoms with Crippen LogP contribution in [0.5, 0.6) is 0 Å². The van der Waals surface area contributed by atoms with Gasteiger partial charge in [0.2, 0.25) is 5.91 Å². The summed E-state index contributed by atoms with van der Waals surface area (Å²) in [6.45, 7) is 8.73. The second kappa shape index (κ2) is 10.8. The van der Waals surface area contributed by atoms with E-state index in [9.17, 15) is 4.79 Å². The number of thiocarbonyl (C=S) groups is 1. The molecule has 0 unspecified atom stereocenters. The number of aryl methyl sites for hydroxylation is 3. The molecule has 194 valence electrons. The Labute approximate surface area is 228 Å². The van der Waals surface area contributed by atoms with Crippen molar-refractivity contribution in [2.75, 3.05) is 11.9 Å². The Bertz CT molecular complexity index is 1460. The fraction of sp³-hybridized carbons (Fsp3) is 0.267. The first kappa shape index (κ1) is 25.6. The molecule has 2 atom stereocenters. The van der Waals surface area contributed by atoms with Crippen molar-refractivity contribution in [3.63, 3.8) is 0 Å². The van der Waals surface area contributed by atoms with Gasteiger partial charge in [-0.15, -0.1) is 0 Å². The summed E-state index contributed by atoms with van der Waals surface area (Å²) >= 11 is 5.82. The predicted molar refractivity (Wildman–Crippen MR) is 154 cm³/mol. The van der Waals surface area contributed by atoms with Crippen LogP contribution in [0.4, 0.5) is 5.69 Å². The van der Waals surface area contributed by atoms with E-state index in [4.69, 9.17) is 12.2 Å². The van der Waals surface area contributed by atoms with Crippen LogP contribution in [0, 0.1) is 27.7 Å². The molecule has 0 saturated carbocycles. The lowest BCUT2D eigenvalue weighted by atomic mass is 9.96. The first-order valence-electron chi connectivity index (χ1n) is 12.8. The van der Waals surface area contributed by atoms with Gasteiger partial charge >= 0.3 is 0 Å². The molecule has 0 spiro atoms. The molecule has 1 fully saturated rings. The number of nitrogens with zero attached hydrogens (tertiary/aromatic N) is 4. The number of anilines is 1. The van der Waals surface area contributed by atoms with Crippen LogP contribution in [0.25, 0.3) is 5.82 Å². The molecule has 8 heteroatoms. The van der Waals surface area contributed by atoms with Crippen LogP contribution in [0.2, 0.25) is 0 Å². The second-order valence-corrected chi connectivity index (χ2v) is 10.2. The molecule has 1 aliphatic heterocycles. The van der Waals surface area contributed by atoms with Crippen molar-refractivity contribution >= 4 is 28.9 Å². The largest absolute Gasteiger partial charge is 0.352 e. The number of pyridine rings is 2. The van der Waals surface area contributed by atoms with Crippen LogP contribution in [-0.4, -0.2) is 37.0 Å². The second-order valence-electron chi connectivity index (χ2n) is 9.84. The van der Waals surface area contributed by atoms with E-state index in [2.05, 4.69) is 56.0 Å². The molecule has 4 heterocycles. The van der Waals surface area contributed by atoms with Gasteiger partial charge in [-0.05, 0) is 93.0 Å². The van der Waals surface area contributed by atoms with Gasteiger partial charge in [0.1, 0.15) is 5.82 Å². The summed E-state index contributed by atoms with van der Waals surface area (Å²) in [6.07, 6.45) is 3.99. The average molecular weight is 525 g/mol. The first-order valence-corrected chi connectivity index (χ1v) is 13.2. The summed E-state index contributed by atoms with van der Waals surface area (Å²) in [6, 6.07) is 19.8. The summed E-state index contributed by atoms with van der Waals surface area (Å²) in [5.74, 6) is 0.830. The van der Waals surface area contributed by atoms with Crippen LogP contribution >= 0.6 is 12.2 Å². The highest BCUT2D eigenvalue weighted by molar-refractivity contribution is 7.80. The zero-order valence-electron chi connectivity index (χ0n) is 22.1. The van der Waals surface area contributed by atoms with Crippen molar-refractivity contribution in [2.45, 2.75) is 46.2 Å². The Hall–Kier alpha value is -4.04. The molecular weight excluding hydrogens is 492 g/mol. The van der Waals surface area contributed by atoms with Gasteiger partial charge in [0.25, 0.3) is 0 Å². The standard InChI is InChI=1S/C30H32N6OS/c1-19-8-7-9-23(16-19)33-27(37)13-15-35-29(28(34-30(35)38)25-10-5-6-14-31-25)24-17-21(3)36(22(24)4)26-12-11-20(2)18-32-26/h5-12,14,16-18,28-29H,13,15H2,1-4H3,(H,33,37)(H,34,38)/t28-,29+/m0/s1. The van der Waals surface area contributed by atoms with Crippen molar-refractivity contribution in [3.05, 3.63) is 107 Å². The van der Waals surface area contributed by atoms with Crippen LogP contribution in [0.1, 0.15) is 52.3 Å². The number of carbonyl (C=O) groups is 1. The van der Waals surface area contributed by atoms with Gasteiger partial charge in [-0.1, -0.05) is 24.3 Å². The Morgan fingerprint density at radius 2 is 1.84 bits per heavy atom. The maximum absolute atomic E-state index is 12.9. The molecule has 1 amide bonds. The number of amides is 1. The molecule has 4 aromatic rings. The highest BCUT2D eigenvalue weighted by atomic mass is 32.1. The summed E-state index contributed by atoms with van der Waals surface area (Å²) in [5.41, 5.74) is 7.23. The summed E-state index contributed by atoms with van der Waals surface area (Å²) in [5, 5.41) is 7.12.